The summed E-state index contributed by atoms with van der Waals surface area (Å²) in [5.74, 6) is 0.615. The highest BCUT2D eigenvalue weighted by Crippen LogP contribution is 2.42. The van der Waals surface area contributed by atoms with Crippen molar-refractivity contribution in [2.45, 2.75) is 49.1 Å². The highest BCUT2D eigenvalue weighted by atomic mass is 35.5. The molecule has 1 atom stereocenters. The molecule has 0 bridgehead atoms. The van der Waals surface area contributed by atoms with Crippen molar-refractivity contribution in [2.24, 2.45) is 5.41 Å². The van der Waals surface area contributed by atoms with Crippen molar-refractivity contribution in [1.82, 2.24) is 15.0 Å². The van der Waals surface area contributed by atoms with E-state index in [0.29, 0.717) is 22.1 Å². The predicted molar refractivity (Wildman–Crippen MR) is 133 cm³/mol. The maximum absolute atomic E-state index is 11.9. The van der Waals surface area contributed by atoms with Crippen LogP contribution in [-0.4, -0.2) is 53.3 Å². The first-order valence-electron chi connectivity index (χ1n) is 11.7. The Hall–Kier alpha value is -2.62. The number of ether oxygens (including phenoxy) is 2. The Morgan fingerprint density at radius 2 is 2.11 bits per heavy atom. The summed E-state index contributed by atoms with van der Waals surface area (Å²) in [6.45, 7) is 6.97. The van der Waals surface area contributed by atoms with Crippen LogP contribution in [0, 0.1) is 5.41 Å². The van der Waals surface area contributed by atoms with E-state index in [9.17, 15) is 4.79 Å². The van der Waals surface area contributed by atoms with Gasteiger partial charge in [-0.25, -0.2) is 19.7 Å². The summed E-state index contributed by atoms with van der Waals surface area (Å²) in [4.78, 5) is 28.5. The summed E-state index contributed by atoms with van der Waals surface area (Å²) in [6.07, 6.45) is 8.64. The lowest BCUT2D eigenvalue weighted by atomic mass is 9.77. The summed E-state index contributed by atoms with van der Waals surface area (Å²) in [6, 6.07) is 5.55. The number of anilines is 1. The molecule has 8 nitrogen and oxygen atoms in total. The van der Waals surface area contributed by atoms with Gasteiger partial charge in [0.15, 0.2) is 5.69 Å². The molecule has 5 rings (SSSR count). The van der Waals surface area contributed by atoms with E-state index in [0.717, 1.165) is 54.7 Å². The fourth-order valence-electron chi connectivity index (χ4n) is 4.69. The molecule has 35 heavy (non-hydrogen) atoms. The normalized spacial score (nSPS) is 19.3. The molecule has 184 valence electrons. The quantitative estimate of drug-likeness (QED) is 0.395. The predicted octanol–water partition coefficient (Wildman–Crippen LogP) is 5.51. The minimum atomic E-state index is -0.533. The van der Waals surface area contributed by atoms with E-state index in [4.69, 9.17) is 25.5 Å². The van der Waals surface area contributed by atoms with Crippen LogP contribution in [0.5, 0.6) is 0 Å². The third-order valence-corrected chi connectivity index (χ3v) is 8.05. The Kier molecular flexibility index (Phi) is 7.00. The maximum atomic E-state index is 11.9. The van der Waals surface area contributed by atoms with Gasteiger partial charge in [-0.3, -0.25) is 0 Å². The third kappa shape index (κ3) is 5.17. The number of benzene rings is 1. The van der Waals surface area contributed by atoms with E-state index in [1.807, 2.05) is 18.3 Å². The van der Waals surface area contributed by atoms with Gasteiger partial charge in [0.25, 0.3) is 0 Å². The molecule has 0 saturated carbocycles. The Morgan fingerprint density at radius 1 is 1.29 bits per heavy atom. The van der Waals surface area contributed by atoms with Crippen molar-refractivity contribution in [2.75, 3.05) is 31.2 Å². The zero-order valence-corrected chi connectivity index (χ0v) is 21.3. The van der Waals surface area contributed by atoms with E-state index < -0.39 is 5.97 Å². The van der Waals surface area contributed by atoms with Gasteiger partial charge in [-0.15, -0.1) is 0 Å². The molecule has 4 heterocycles. The van der Waals surface area contributed by atoms with Crippen molar-refractivity contribution in [3.8, 4) is 11.5 Å². The number of carbonyl (C=O) groups excluding carboxylic acids is 1. The number of hydrogen-bond acceptors (Lipinski definition) is 9. The van der Waals surface area contributed by atoms with Gasteiger partial charge in [0.1, 0.15) is 17.1 Å². The van der Waals surface area contributed by atoms with Crippen molar-refractivity contribution < 1.29 is 18.7 Å². The highest BCUT2D eigenvalue weighted by Gasteiger charge is 2.41. The summed E-state index contributed by atoms with van der Waals surface area (Å²) in [5.41, 5.74) is 1.03. The Bertz CT molecular complexity index is 1190. The molecule has 3 aromatic rings. The van der Waals surface area contributed by atoms with Gasteiger partial charge in [0.2, 0.25) is 5.89 Å². The van der Waals surface area contributed by atoms with Crippen LogP contribution < -0.4 is 4.90 Å². The van der Waals surface area contributed by atoms with Gasteiger partial charge >= 0.3 is 5.97 Å². The minimum absolute atomic E-state index is 0.107. The molecular weight excluding hydrogens is 488 g/mol. The standard InChI is InChI=1S/C25H27ClN4O4S/c1-3-32-24(31)18-14-33-23(29-18)17-5-4-6-19(22(17)26)35-21-13-27-20(12-28-21)30-9-7-25(8-10-30)11-16(2)34-15-25/h4-6,12-14,16H,3,7-11,15H2,1-2H3/t16-/m0/s1. The lowest BCUT2D eigenvalue weighted by Crippen LogP contribution is -2.41. The molecular formula is C25H27ClN4O4S. The van der Waals surface area contributed by atoms with Crippen LogP contribution in [0.2, 0.25) is 5.02 Å². The average Bonchev–Trinajstić information content (AvgIpc) is 3.49. The second kappa shape index (κ2) is 10.2. The van der Waals surface area contributed by atoms with Crippen LogP contribution in [-0.2, 0) is 9.47 Å². The zero-order chi connectivity index (χ0) is 24.4. The van der Waals surface area contributed by atoms with Gasteiger partial charge in [0.05, 0.1) is 42.3 Å². The summed E-state index contributed by atoms with van der Waals surface area (Å²) in [5, 5.41) is 1.20. The van der Waals surface area contributed by atoms with E-state index >= 15 is 0 Å². The van der Waals surface area contributed by atoms with Crippen LogP contribution >= 0.6 is 23.4 Å². The SMILES string of the molecule is CCOC(=O)c1coc(-c2cccc(Sc3cnc(N4CCC5(CC4)CO[C@@H](C)C5)cn3)c2Cl)n1. The number of nitrogens with zero attached hydrogens (tertiary/aromatic N) is 4. The molecule has 1 spiro atoms. The van der Waals surface area contributed by atoms with Crippen molar-refractivity contribution in [1.29, 1.82) is 0 Å². The summed E-state index contributed by atoms with van der Waals surface area (Å²) < 4.78 is 16.3. The first-order chi connectivity index (χ1) is 17.0. The second-order valence-electron chi connectivity index (χ2n) is 9.00. The molecule has 2 saturated heterocycles. The molecule has 2 aliphatic heterocycles. The number of carbonyl (C=O) groups is 1. The Labute approximate surface area is 213 Å². The molecule has 0 unspecified atom stereocenters. The van der Waals surface area contributed by atoms with Crippen LogP contribution in [0.15, 0.2) is 51.2 Å². The first kappa shape index (κ1) is 24.1. The lowest BCUT2D eigenvalue weighted by molar-refractivity contribution is 0.0519. The number of piperidine rings is 1. The van der Waals surface area contributed by atoms with E-state index in [2.05, 4.69) is 26.8 Å². The minimum Gasteiger partial charge on any atom is -0.461 e. The van der Waals surface area contributed by atoms with Gasteiger partial charge < -0.3 is 18.8 Å². The van der Waals surface area contributed by atoms with Crippen LogP contribution in [0.25, 0.3) is 11.5 Å². The third-order valence-electron chi connectivity index (χ3n) is 6.55. The molecule has 2 aromatic heterocycles. The number of rotatable bonds is 6. The van der Waals surface area contributed by atoms with E-state index in [1.165, 1.54) is 18.0 Å². The molecule has 0 amide bonds. The lowest BCUT2D eigenvalue weighted by Gasteiger charge is -2.38. The molecule has 1 aromatic carbocycles. The van der Waals surface area contributed by atoms with E-state index in [-0.39, 0.29) is 18.2 Å². The Balaban J connectivity index is 1.25. The highest BCUT2D eigenvalue weighted by molar-refractivity contribution is 7.99. The molecule has 2 aliphatic rings. The topological polar surface area (TPSA) is 90.6 Å². The molecule has 10 heteroatoms. The fraction of sp³-hybridized carbons (Fsp3) is 0.440. The number of esters is 1. The van der Waals surface area contributed by atoms with Crippen LogP contribution in [0.3, 0.4) is 0 Å². The van der Waals surface area contributed by atoms with Crippen molar-refractivity contribution in [3.05, 3.63) is 47.6 Å². The van der Waals surface area contributed by atoms with Crippen LogP contribution in [0.1, 0.15) is 43.6 Å². The number of halogens is 1. The second-order valence-corrected chi connectivity index (χ2v) is 10.4. The first-order valence-corrected chi connectivity index (χ1v) is 12.9. The van der Waals surface area contributed by atoms with Gasteiger partial charge in [0, 0.05) is 18.0 Å². The maximum Gasteiger partial charge on any atom is 0.360 e. The van der Waals surface area contributed by atoms with Gasteiger partial charge in [-0.2, -0.15) is 0 Å². The summed E-state index contributed by atoms with van der Waals surface area (Å²) in [7, 11) is 0. The molecule has 0 aliphatic carbocycles. The monoisotopic (exact) mass is 514 g/mol. The van der Waals surface area contributed by atoms with E-state index in [1.54, 1.807) is 19.2 Å². The largest absolute Gasteiger partial charge is 0.461 e. The molecule has 2 fully saturated rings. The smallest absolute Gasteiger partial charge is 0.360 e. The number of hydrogen-bond donors (Lipinski definition) is 0. The van der Waals surface area contributed by atoms with Crippen LogP contribution in [0.4, 0.5) is 5.82 Å². The Morgan fingerprint density at radius 3 is 2.80 bits per heavy atom. The zero-order valence-electron chi connectivity index (χ0n) is 19.7. The average molecular weight is 515 g/mol. The number of aromatic nitrogens is 3. The van der Waals surface area contributed by atoms with Crippen molar-refractivity contribution in [3.63, 3.8) is 0 Å². The molecule has 0 N–H and O–H groups in total. The van der Waals surface area contributed by atoms with Crippen molar-refractivity contribution >= 4 is 35.1 Å². The van der Waals surface area contributed by atoms with Gasteiger partial charge in [-0.05, 0) is 50.7 Å². The van der Waals surface area contributed by atoms with Gasteiger partial charge in [-0.1, -0.05) is 29.4 Å². The number of oxazole rings is 1. The molecule has 0 radical (unpaired) electrons. The fourth-order valence-corrected chi connectivity index (χ4v) is 5.80. The summed E-state index contributed by atoms with van der Waals surface area (Å²) >= 11 is 8.08.